The van der Waals surface area contributed by atoms with Gasteiger partial charge in [0, 0.05) is 34.5 Å². The number of likely N-dealkylation sites (N-methyl/N-ethyl adjacent to an activating group) is 1. The summed E-state index contributed by atoms with van der Waals surface area (Å²) < 4.78 is 2.10. The first-order valence-electron chi connectivity index (χ1n) is 6.41. The number of aromatic nitrogens is 2. The van der Waals surface area contributed by atoms with Gasteiger partial charge in [-0.1, -0.05) is 0 Å². The van der Waals surface area contributed by atoms with E-state index >= 15 is 0 Å². The van der Waals surface area contributed by atoms with Gasteiger partial charge in [-0.15, -0.1) is 11.3 Å². The van der Waals surface area contributed by atoms with E-state index in [1.54, 1.807) is 0 Å². The average Bonchev–Trinajstić information content (AvgIpc) is 2.92. The molecule has 0 radical (unpaired) electrons. The topological polar surface area (TPSA) is 29.9 Å². The predicted octanol–water partition coefficient (Wildman–Crippen LogP) is 3.08. The van der Waals surface area contributed by atoms with Crippen molar-refractivity contribution in [2.24, 2.45) is 0 Å². The SMILES string of the molecule is CCn1nc(C)cc1CC(NC)c1ccc(C)s1. The second-order valence-corrected chi connectivity index (χ2v) is 5.91. The minimum absolute atomic E-state index is 0.380. The smallest absolute Gasteiger partial charge is 0.0596 e. The third kappa shape index (κ3) is 2.82. The maximum absolute atomic E-state index is 4.51. The van der Waals surface area contributed by atoms with Crippen LogP contribution in [0.25, 0.3) is 0 Å². The summed E-state index contributed by atoms with van der Waals surface area (Å²) in [5.74, 6) is 0. The number of nitrogens with one attached hydrogen (secondary N) is 1. The lowest BCUT2D eigenvalue weighted by Gasteiger charge is -2.15. The molecule has 98 valence electrons. The van der Waals surface area contributed by atoms with Crippen LogP contribution in [-0.4, -0.2) is 16.8 Å². The number of nitrogens with zero attached hydrogens (tertiary/aromatic N) is 2. The Morgan fingerprint density at radius 1 is 1.39 bits per heavy atom. The fraction of sp³-hybridized carbons (Fsp3) is 0.500. The van der Waals surface area contributed by atoms with E-state index in [-0.39, 0.29) is 0 Å². The maximum atomic E-state index is 4.51. The van der Waals surface area contributed by atoms with E-state index in [2.05, 4.69) is 54.1 Å². The van der Waals surface area contributed by atoms with Crippen molar-refractivity contribution in [2.45, 2.75) is 39.8 Å². The van der Waals surface area contributed by atoms with E-state index in [0.717, 1.165) is 18.7 Å². The van der Waals surface area contributed by atoms with Crippen molar-refractivity contribution in [2.75, 3.05) is 7.05 Å². The summed E-state index contributed by atoms with van der Waals surface area (Å²) in [6.07, 6.45) is 0.991. The molecule has 2 heterocycles. The quantitative estimate of drug-likeness (QED) is 0.898. The van der Waals surface area contributed by atoms with Crippen LogP contribution in [0.5, 0.6) is 0 Å². The van der Waals surface area contributed by atoms with Crippen molar-refractivity contribution < 1.29 is 0 Å². The molecule has 0 amide bonds. The third-order valence-corrected chi connectivity index (χ3v) is 4.27. The molecule has 1 atom stereocenters. The Balaban J connectivity index is 2.19. The first-order chi connectivity index (χ1) is 8.63. The molecule has 0 fully saturated rings. The third-order valence-electron chi connectivity index (χ3n) is 3.15. The molecule has 0 aromatic carbocycles. The van der Waals surface area contributed by atoms with E-state index < -0.39 is 0 Å². The molecule has 2 aromatic heterocycles. The van der Waals surface area contributed by atoms with Gasteiger partial charge >= 0.3 is 0 Å². The van der Waals surface area contributed by atoms with Gasteiger partial charge in [0.25, 0.3) is 0 Å². The minimum Gasteiger partial charge on any atom is -0.312 e. The first kappa shape index (κ1) is 13.3. The second kappa shape index (κ2) is 5.67. The zero-order chi connectivity index (χ0) is 13.1. The number of thiophene rings is 1. The molecule has 0 aliphatic carbocycles. The fourth-order valence-corrected chi connectivity index (χ4v) is 3.22. The Bertz CT molecular complexity index is 513. The van der Waals surface area contributed by atoms with Crippen LogP contribution in [0.4, 0.5) is 0 Å². The monoisotopic (exact) mass is 263 g/mol. The Hall–Kier alpha value is -1.13. The summed E-state index contributed by atoms with van der Waals surface area (Å²) in [6.45, 7) is 7.28. The van der Waals surface area contributed by atoms with Crippen molar-refractivity contribution in [1.82, 2.24) is 15.1 Å². The first-order valence-corrected chi connectivity index (χ1v) is 7.22. The lowest BCUT2D eigenvalue weighted by atomic mass is 10.1. The molecule has 0 aliphatic rings. The van der Waals surface area contributed by atoms with Gasteiger partial charge in [-0.2, -0.15) is 5.10 Å². The highest BCUT2D eigenvalue weighted by atomic mass is 32.1. The van der Waals surface area contributed by atoms with E-state index in [9.17, 15) is 0 Å². The maximum Gasteiger partial charge on any atom is 0.0596 e. The molecule has 0 spiro atoms. The summed E-state index contributed by atoms with van der Waals surface area (Å²) in [5, 5.41) is 7.92. The Morgan fingerprint density at radius 2 is 2.17 bits per heavy atom. The van der Waals surface area contributed by atoms with Gasteiger partial charge < -0.3 is 5.32 Å². The number of hydrogen-bond acceptors (Lipinski definition) is 3. The minimum atomic E-state index is 0.380. The van der Waals surface area contributed by atoms with E-state index in [4.69, 9.17) is 0 Å². The molecule has 2 aromatic rings. The predicted molar refractivity (Wildman–Crippen MR) is 77.2 cm³/mol. The van der Waals surface area contributed by atoms with Crippen molar-refractivity contribution in [1.29, 1.82) is 0 Å². The molecule has 0 saturated heterocycles. The standard InChI is InChI=1S/C14H21N3S/c1-5-17-12(8-10(2)16-17)9-13(15-4)14-7-6-11(3)18-14/h6-8,13,15H,5,9H2,1-4H3. The lowest BCUT2D eigenvalue weighted by molar-refractivity contribution is 0.546. The molecule has 0 bridgehead atoms. The van der Waals surface area contributed by atoms with Crippen molar-refractivity contribution >= 4 is 11.3 Å². The molecule has 4 heteroatoms. The van der Waals surface area contributed by atoms with Crippen molar-refractivity contribution in [3.05, 3.63) is 39.3 Å². The van der Waals surface area contributed by atoms with E-state index in [1.165, 1.54) is 15.4 Å². The molecule has 0 saturated carbocycles. The van der Waals surface area contributed by atoms with Gasteiger partial charge in [-0.3, -0.25) is 4.68 Å². The van der Waals surface area contributed by atoms with Gasteiger partial charge in [-0.25, -0.2) is 0 Å². The van der Waals surface area contributed by atoms with Gasteiger partial charge in [0.1, 0.15) is 0 Å². The average molecular weight is 263 g/mol. The van der Waals surface area contributed by atoms with Crippen LogP contribution in [-0.2, 0) is 13.0 Å². The van der Waals surface area contributed by atoms with Gasteiger partial charge in [-0.05, 0) is 46.0 Å². The highest BCUT2D eigenvalue weighted by Crippen LogP contribution is 2.25. The number of aryl methyl sites for hydroxylation is 3. The van der Waals surface area contributed by atoms with E-state index in [0.29, 0.717) is 6.04 Å². The summed E-state index contributed by atoms with van der Waals surface area (Å²) in [5.41, 5.74) is 2.41. The number of rotatable bonds is 5. The lowest BCUT2D eigenvalue weighted by Crippen LogP contribution is -2.19. The number of hydrogen-bond donors (Lipinski definition) is 1. The summed E-state index contributed by atoms with van der Waals surface area (Å²) >= 11 is 1.87. The highest BCUT2D eigenvalue weighted by Gasteiger charge is 2.15. The molecular weight excluding hydrogens is 242 g/mol. The van der Waals surface area contributed by atoms with Crippen molar-refractivity contribution in [3.63, 3.8) is 0 Å². The molecule has 3 nitrogen and oxygen atoms in total. The zero-order valence-electron chi connectivity index (χ0n) is 11.5. The molecule has 0 aliphatic heterocycles. The van der Waals surface area contributed by atoms with Gasteiger partial charge in [0.15, 0.2) is 0 Å². The Kier molecular flexibility index (Phi) is 4.19. The van der Waals surface area contributed by atoms with Crippen molar-refractivity contribution in [3.8, 4) is 0 Å². The fourth-order valence-electron chi connectivity index (χ4n) is 2.23. The molecular formula is C14H21N3S. The molecule has 1 unspecified atom stereocenters. The van der Waals surface area contributed by atoms with E-state index in [1.807, 2.05) is 18.4 Å². The summed E-state index contributed by atoms with van der Waals surface area (Å²) in [4.78, 5) is 2.77. The second-order valence-electron chi connectivity index (χ2n) is 4.59. The van der Waals surface area contributed by atoms with Crippen LogP contribution < -0.4 is 5.32 Å². The van der Waals surface area contributed by atoms with Crippen LogP contribution in [0.3, 0.4) is 0 Å². The molecule has 1 N–H and O–H groups in total. The normalized spacial score (nSPS) is 12.9. The Labute approximate surface area is 113 Å². The largest absolute Gasteiger partial charge is 0.312 e. The van der Waals surface area contributed by atoms with Crippen LogP contribution >= 0.6 is 11.3 Å². The van der Waals surface area contributed by atoms with Crippen LogP contribution in [0.2, 0.25) is 0 Å². The van der Waals surface area contributed by atoms with Gasteiger partial charge in [0.05, 0.1) is 5.69 Å². The summed E-state index contributed by atoms with van der Waals surface area (Å²) in [7, 11) is 2.03. The van der Waals surface area contributed by atoms with Gasteiger partial charge in [0.2, 0.25) is 0 Å². The van der Waals surface area contributed by atoms with Crippen LogP contribution in [0.1, 0.15) is 34.1 Å². The highest BCUT2D eigenvalue weighted by molar-refractivity contribution is 7.12. The molecule has 2 rings (SSSR count). The van der Waals surface area contributed by atoms with Crippen LogP contribution in [0.15, 0.2) is 18.2 Å². The Morgan fingerprint density at radius 3 is 2.72 bits per heavy atom. The molecule has 18 heavy (non-hydrogen) atoms. The summed E-state index contributed by atoms with van der Waals surface area (Å²) in [6, 6.07) is 6.98. The van der Waals surface area contributed by atoms with Crippen LogP contribution in [0, 0.1) is 13.8 Å². The zero-order valence-corrected chi connectivity index (χ0v) is 12.3.